The molecule has 0 amide bonds. The summed E-state index contributed by atoms with van der Waals surface area (Å²) in [5.41, 5.74) is 1.02. The van der Waals surface area contributed by atoms with E-state index in [4.69, 9.17) is 0 Å². The molecule has 1 aromatic rings. The van der Waals surface area contributed by atoms with Gasteiger partial charge in [0.05, 0.1) is 6.21 Å². The number of hydrogen-bond donors (Lipinski definition) is 1. The first kappa shape index (κ1) is 18.3. The molecular formula is C18H30N4. The molecular weight excluding hydrogens is 272 g/mol. The zero-order valence-corrected chi connectivity index (χ0v) is 14.3. The lowest BCUT2D eigenvalue weighted by Crippen LogP contribution is -2.32. The van der Waals surface area contributed by atoms with E-state index in [0.29, 0.717) is 6.04 Å². The maximum Gasteiger partial charge on any atom is 0.125 e. The van der Waals surface area contributed by atoms with Crippen molar-refractivity contribution >= 4 is 12.1 Å². The van der Waals surface area contributed by atoms with Crippen molar-refractivity contribution in [1.29, 1.82) is 0 Å². The highest BCUT2D eigenvalue weighted by Crippen LogP contribution is 2.04. The summed E-state index contributed by atoms with van der Waals surface area (Å²) in [4.78, 5) is 4.00. The Morgan fingerprint density at radius 2 is 1.91 bits per heavy atom. The summed E-state index contributed by atoms with van der Waals surface area (Å²) in [5.74, 6) is 1.00. The highest BCUT2D eigenvalue weighted by atomic mass is 15.2. The molecule has 122 valence electrons. The monoisotopic (exact) mass is 302 g/mol. The van der Waals surface area contributed by atoms with Crippen LogP contribution in [0.3, 0.4) is 0 Å². The van der Waals surface area contributed by atoms with Gasteiger partial charge in [0.15, 0.2) is 0 Å². The van der Waals surface area contributed by atoms with E-state index in [0.717, 1.165) is 24.2 Å². The number of nitrogens with zero attached hydrogens (tertiary/aromatic N) is 3. The van der Waals surface area contributed by atoms with Gasteiger partial charge in [-0.05, 0) is 37.5 Å². The van der Waals surface area contributed by atoms with Crippen LogP contribution in [0.25, 0.3) is 0 Å². The molecule has 0 spiro atoms. The van der Waals surface area contributed by atoms with E-state index in [2.05, 4.69) is 41.3 Å². The van der Waals surface area contributed by atoms with Crippen LogP contribution in [0.5, 0.6) is 0 Å². The average Bonchev–Trinajstić information content (AvgIpc) is 2.54. The van der Waals surface area contributed by atoms with Crippen LogP contribution in [-0.4, -0.2) is 23.1 Å². The normalized spacial score (nSPS) is 13.5. The Kier molecular flexibility index (Phi) is 9.92. The Morgan fingerprint density at radius 3 is 2.59 bits per heavy atom. The summed E-state index contributed by atoms with van der Waals surface area (Å²) < 4.78 is 0. The Hall–Kier alpha value is -1.71. The van der Waals surface area contributed by atoms with Crippen LogP contribution >= 0.6 is 0 Å². The van der Waals surface area contributed by atoms with E-state index in [1.165, 1.54) is 32.1 Å². The first-order chi connectivity index (χ1) is 10.8. The molecule has 1 heterocycles. The van der Waals surface area contributed by atoms with E-state index in [-0.39, 0.29) is 0 Å². The SMILES string of the molecule is CCCCC/C(=N\N=C\c1ccncc1)NC(C)CCCC. The molecule has 0 aliphatic carbocycles. The van der Waals surface area contributed by atoms with Gasteiger partial charge in [-0.25, -0.2) is 0 Å². The van der Waals surface area contributed by atoms with Gasteiger partial charge in [-0.1, -0.05) is 39.5 Å². The largest absolute Gasteiger partial charge is 0.370 e. The van der Waals surface area contributed by atoms with Crippen LogP contribution in [0.1, 0.15) is 71.3 Å². The van der Waals surface area contributed by atoms with Gasteiger partial charge in [-0.15, -0.1) is 5.10 Å². The van der Waals surface area contributed by atoms with Gasteiger partial charge < -0.3 is 5.32 Å². The van der Waals surface area contributed by atoms with Crippen LogP contribution in [0.15, 0.2) is 34.7 Å². The Labute approximate surface area is 135 Å². The second-order valence-corrected chi connectivity index (χ2v) is 5.72. The number of amidine groups is 1. The van der Waals surface area contributed by atoms with E-state index < -0.39 is 0 Å². The van der Waals surface area contributed by atoms with E-state index in [9.17, 15) is 0 Å². The molecule has 0 fully saturated rings. The summed E-state index contributed by atoms with van der Waals surface area (Å²) in [7, 11) is 0. The lowest BCUT2D eigenvalue weighted by Gasteiger charge is -2.15. The van der Waals surface area contributed by atoms with Gasteiger partial charge in [0, 0.05) is 24.9 Å². The minimum atomic E-state index is 0.455. The summed E-state index contributed by atoms with van der Waals surface area (Å²) >= 11 is 0. The lowest BCUT2D eigenvalue weighted by atomic mass is 10.1. The van der Waals surface area contributed by atoms with Crippen LogP contribution in [0, 0.1) is 0 Å². The Balaban J connectivity index is 2.58. The van der Waals surface area contributed by atoms with Gasteiger partial charge in [0.1, 0.15) is 5.84 Å². The summed E-state index contributed by atoms with van der Waals surface area (Å²) in [5, 5.41) is 12.1. The lowest BCUT2D eigenvalue weighted by molar-refractivity contribution is 0.562. The van der Waals surface area contributed by atoms with Gasteiger partial charge in [-0.2, -0.15) is 5.10 Å². The molecule has 1 N–H and O–H groups in total. The minimum absolute atomic E-state index is 0.455. The zero-order chi connectivity index (χ0) is 16.0. The molecule has 0 aromatic carbocycles. The molecule has 1 rings (SSSR count). The first-order valence-electron chi connectivity index (χ1n) is 8.52. The van der Waals surface area contributed by atoms with Crippen molar-refractivity contribution in [2.45, 2.75) is 71.8 Å². The number of rotatable bonds is 10. The molecule has 4 nitrogen and oxygen atoms in total. The molecule has 1 atom stereocenters. The number of nitrogens with one attached hydrogen (secondary N) is 1. The molecule has 0 saturated heterocycles. The molecule has 22 heavy (non-hydrogen) atoms. The van der Waals surface area contributed by atoms with Gasteiger partial charge in [-0.3, -0.25) is 4.98 Å². The Bertz CT molecular complexity index is 440. The molecule has 0 radical (unpaired) electrons. The molecule has 0 saturated carbocycles. The van der Waals surface area contributed by atoms with Crippen LogP contribution < -0.4 is 5.32 Å². The smallest absolute Gasteiger partial charge is 0.125 e. The van der Waals surface area contributed by atoms with Crippen molar-refractivity contribution < 1.29 is 0 Å². The predicted molar refractivity (Wildman–Crippen MR) is 95.5 cm³/mol. The van der Waals surface area contributed by atoms with E-state index >= 15 is 0 Å². The highest BCUT2D eigenvalue weighted by molar-refractivity contribution is 5.84. The standard InChI is InChI=1S/C18H30N4/c1-4-6-8-10-18(21-16(3)9-7-5-2)22-20-15-17-11-13-19-14-12-17/h11-16H,4-10H2,1-3H3,(H,21,22)/b20-15+. The second-order valence-electron chi connectivity index (χ2n) is 5.72. The van der Waals surface area contributed by atoms with Gasteiger partial charge >= 0.3 is 0 Å². The minimum Gasteiger partial charge on any atom is -0.370 e. The predicted octanol–water partition coefficient (Wildman–Crippen LogP) is 4.56. The number of pyridine rings is 1. The van der Waals surface area contributed by atoms with Crippen molar-refractivity contribution in [2.24, 2.45) is 10.2 Å². The average molecular weight is 302 g/mol. The maximum atomic E-state index is 4.39. The Morgan fingerprint density at radius 1 is 1.18 bits per heavy atom. The molecule has 0 aliphatic heterocycles. The summed E-state index contributed by atoms with van der Waals surface area (Å²) in [6.07, 6.45) is 13.5. The number of hydrogen-bond acceptors (Lipinski definition) is 3. The fraction of sp³-hybridized carbons (Fsp3) is 0.611. The van der Waals surface area contributed by atoms with Crippen molar-refractivity contribution in [3.63, 3.8) is 0 Å². The maximum absolute atomic E-state index is 4.39. The third kappa shape index (κ3) is 8.55. The van der Waals surface area contributed by atoms with Crippen LogP contribution in [0.2, 0.25) is 0 Å². The van der Waals surface area contributed by atoms with E-state index in [1.807, 2.05) is 12.1 Å². The zero-order valence-electron chi connectivity index (χ0n) is 14.3. The fourth-order valence-corrected chi connectivity index (χ4v) is 2.18. The summed E-state index contributed by atoms with van der Waals surface area (Å²) in [6.45, 7) is 6.66. The molecule has 0 bridgehead atoms. The summed E-state index contributed by atoms with van der Waals surface area (Å²) in [6, 6.07) is 4.30. The number of unbranched alkanes of at least 4 members (excludes halogenated alkanes) is 3. The van der Waals surface area contributed by atoms with Crippen molar-refractivity contribution in [1.82, 2.24) is 10.3 Å². The number of aromatic nitrogens is 1. The van der Waals surface area contributed by atoms with Gasteiger partial charge in [0.25, 0.3) is 0 Å². The van der Waals surface area contributed by atoms with Crippen LogP contribution in [-0.2, 0) is 0 Å². The molecule has 1 unspecified atom stereocenters. The van der Waals surface area contributed by atoms with Crippen molar-refractivity contribution in [2.75, 3.05) is 0 Å². The third-order valence-electron chi connectivity index (χ3n) is 3.51. The van der Waals surface area contributed by atoms with E-state index in [1.54, 1.807) is 18.6 Å². The molecule has 1 aromatic heterocycles. The topological polar surface area (TPSA) is 49.6 Å². The molecule has 4 heteroatoms. The van der Waals surface area contributed by atoms with Gasteiger partial charge in [0.2, 0.25) is 0 Å². The molecule has 0 aliphatic rings. The van der Waals surface area contributed by atoms with Crippen LogP contribution in [0.4, 0.5) is 0 Å². The fourth-order valence-electron chi connectivity index (χ4n) is 2.18. The highest BCUT2D eigenvalue weighted by Gasteiger charge is 2.05. The van der Waals surface area contributed by atoms with Crippen molar-refractivity contribution in [3.8, 4) is 0 Å². The second kappa shape index (κ2) is 11.9. The quantitative estimate of drug-likeness (QED) is 0.298. The first-order valence-corrected chi connectivity index (χ1v) is 8.52. The van der Waals surface area contributed by atoms with Crippen molar-refractivity contribution in [3.05, 3.63) is 30.1 Å². The third-order valence-corrected chi connectivity index (χ3v) is 3.51.